The zero-order valence-corrected chi connectivity index (χ0v) is 12.1. The van der Waals surface area contributed by atoms with E-state index >= 15 is 0 Å². The number of rotatable bonds is 1. The molecule has 1 spiro atoms. The van der Waals surface area contributed by atoms with Crippen LogP contribution in [0.5, 0.6) is 0 Å². The molecule has 1 aliphatic heterocycles. The zero-order chi connectivity index (χ0) is 12.8. The van der Waals surface area contributed by atoms with Crippen LogP contribution in [0.15, 0.2) is 22.7 Å². The van der Waals surface area contributed by atoms with E-state index in [-0.39, 0.29) is 11.4 Å². The Labute approximate surface area is 116 Å². The molecule has 0 aromatic heterocycles. The van der Waals surface area contributed by atoms with Gasteiger partial charge in [-0.15, -0.1) is 0 Å². The van der Waals surface area contributed by atoms with Crippen molar-refractivity contribution in [1.29, 1.82) is 0 Å². The Kier molecular flexibility index (Phi) is 2.85. The number of likely N-dealkylation sites (N-methyl/N-ethyl adjacent to an activating group) is 1. The van der Waals surface area contributed by atoms with Crippen LogP contribution < -0.4 is 10.2 Å². The SMILES string of the molecule is CCN1c2ccc(Br)cc2NC(=O)C12CCCC2. The highest BCUT2D eigenvalue weighted by Gasteiger charge is 2.48. The molecule has 1 aromatic carbocycles. The van der Waals surface area contributed by atoms with Gasteiger partial charge < -0.3 is 10.2 Å². The summed E-state index contributed by atoms with van der Waals surface area (Å²) in [5.74, 6) is 0.174. The summed E-state index contributed by atoms with van der Waals surface area (Å²) in [4.78, 5) is 14.8. The van der Waals surface area contributed by atoms with Crippen LogP contribution in [0.3, 0.4) is 0 Å². The van der Waals surface area contributed by atoms with Gasteiger partial charge in [0, 0.05) is 11.0 Å². The Morgan fingerprint density at radius 1 is 1.39 bits per heavy atom. The molecule has 4 heteroatoms. The molecule has 1 N–H and O–H groups in total. The molecule has 1 aliphatic carbocycles. The van der Waals surface area contributed by atoms with E-state index in [0.717, 1.165) is 48.1 Å². The fourth-order valence-corrected chi connectivity index (χ4v) is 3.73. The topological polar surface area (TPSA) is 32.3 Å². The summed E-state index contributed by atoms with van der Waals surface area (Å²) in [5.41, 5.74) is 1.78. The maximum Gasteiger partial charge on any atom is 0.250 e. The molecule has 1 fully saturated rings. The van der Waals surface area contributed by atoms with Crippen molar-refractivity contribution in [1.82, 2.24) is 0 Å². The largest absolute Gasteiger partial charge is 0.356 e. The Morgan fingerprint density at radius 3 is 2.78 bits per heavy atom. The van der Waals surface area contributed by atoms with Gasteiger partial charge in [0.2, 0.25) is 5.91 Å². The van der Waals surface area contributed by atoms with Gasteiger partial charge in [0.05, 0.1) is 11.4 Å². The minimum Gasteiger partial charge on any atom is -0.356 e. The molecule has 18 heavy (non-hydrogen) atoms. The van der Waals surface area contributed by atoms with Crippen LogP contribution >= 0.6 is 15.9 Å². The van der Waals surface area contributed by atoms with Crippen molar-refractivity contribution in [2.24, 2.45) is 0 Å². The average molecular weight is 309 g/mol. The maximum atomic E-state index is 12.5. The van der Waals surface area contributed by atoms with Crippen molar-refractivity contribution in [3.05, 3.63) is 22.7 Å². The van der Waals surface area contributed by atoms with E-state index in [2.05, 4.69) is 39.1 Å². The molecule has 0 saturated heterocycles. The number of hydrogen-bond acceptors (Lipinski definition) is 2. The fourth-order valence-electron chi connectivity index (χ4n) is 3.37. The van der Waals surface area contributed by atoms with Gasteiger partial charge in [-0.25, -0.2) is 0 Å². The monoisotopic (exact) mass is 308 g/mol. The third kappa shape index (κ3) is 1.58. The molecular weight excluding hydrogens is 292 g/mol. The lowest BCUT2D eigenvalue weighted by Gasteiger charge is -2.45. The maximum absolute atomic E-state index is 12.5. The summed E-state index contributed by atoms with van der Waals surface area (Å²) in [5, 5.41) is 3.09. The number of anilines is 2. The van der Waals surface area contributed by atoms with Crippen molar-refractivity contribution in [3.8, 4) is 0 Å². The van der Waals surface area contributed by atoms with E-state index in [4.69, 9.17) is 0 Å². The van der Waals surface area contributed by atoms with Crippen LogP contribution in [0.1, 0.15) is 32.6 Å². The lowest BCUT2D eigenvalue weighted by Crippen LogP contribution is -2.58. The lowest BCUT2D eigenvalue weighted by atomic mass is 9.90. The quantitative estimate of drug-likeness (QED) is 0.860. The first-order valence-corrected chi connectivity index (χ1v) is 7.35. The van der Waals surface area contributed by atoms with Gasteiger partial charge >= 0.3 is 0 Å². The van der Waals surface area contributed by atoms with Gasteiger partial charge in [0.15, 0.2) is 0 Å². The van der Waals surface area contributed by atoms with Crippen LogP contribution in [0.25, 0.3) is 0 Å². The predicted octanol–water partition coefficient (Wildman–Crippen LogP) is 3.54. The van der Waals surface area contributed by atoms with Crippen molar-refractivity contribution >= 4 is 33.2 Å². The Hall–Kier alpha value is -1.03. The van der Waals surface area contributed by atoms with E-state index < -0.39 is 0 Å². The number of hydrogen-bond donors (Lipinski definition) is 1. The fraction of sp³-hybridized carbons (Fsp3) is 0.500. The summed E-state index contributed by atoms with van der Waals surface area (Å²) in [6, 6.07) is 6.13. The minimum atomic E-state index is -0.296. The Balaban J connectivity index is 2.12. The van der Waals surface area contributed by atoms with Crippen LogP contribution in [-0.2, 0) is 4.79 Å². The Bertz CT molecular complexity index is 495. The predicted molar refractivity (Wildman–Crippen MR) is 77.0 cm³/mol. The highest BCUT2D eigenvalue weighted by Crippen LogP contribution is 2.45. The normalized spacial score (nSPS) is 21.0. The number of nitrogens with zero attached hydrogens (tertiary/aromatic N) is 1. The van der Waals surface area contributed by atoms with Crippen molar-refractivity contribution < 1.29 is 4.79 Å². The molecule has 0 atom stereocenters. The molecule has 2 aliphatic rings. The second kappa shape index (κ2) is 4.26. The van der Waals surface area contributed by atoms with E-state index in [0.29, 0.717) is 0 Å². The second-order valence-electron chi connectivity index (χ2n) is 5.10. The van der Waals surface area contributed by atoms with Gasteiger partial charge in [-0.05, 0) is 38.0 Å². The molecule has 0 radical (unpaired) electrons. The lowest BCUT2D eigenvalue weighted by molar-refractivity contribution is -0.121. The molecule has 0 bridgehead atoms. The summed E-state index contributed by atoms with van der Waals surface area (Å²) < 4.78 is 1.000. The number of amides is 1. The number of fused-ring (bicyclic) bond motifs is 1. The standard InChI is InChI=1S/C14H17BrN2O/c1-2-17-12-6-5-10(15)9-11(12)16-13(18)14(17)7-3-4-8-14/h5-6,9H,2-4,7-8H2,1H3,(H,16,18). The number of benzene rings is 1. The van der Waals surface area contributed by atoms with Crippen molar-refractivity contribution in [2.45, 2.75) is 38.1 Å². The van der Waals surface area contributed by atoms with Gasteiger partial charge in [-0.2, -0.15) is 0 Å². The summed E-state index contributed by atoms with van der Waals surface area (Å²) >= 11 is 3.46. The molecule has 1 amide bonds. The smallest absolute Gasteiger partial charge is 0.250 e. The van der Waals surface area contributed by atoms with Gasteiger partial charge in [0.1, 0.15) is 5.54 Å². The Morgan fingerprint density at radius 2 is 2.11 bits per heavy atom. The van der Waals surface area contributed by atoms with E-state index in [1.165, 1.54) is 0 Å². The zero-order valence-electron chi connectivity index (χ0n) is 10.5. The highest BCUT2D eigenvalue weighted by molar-refractivity contribution is 9.10. The molecule has 3 nitrogen and oxygen atoms in total. The van der Waals surface area contributed by atoms with E-state index in [1.54, 1.807) is 0 Å². The third-order valence-corrected chi connectivity index (χ3v) is 4.68. The van der Waals surface area contributed by atoms with Crippen LogP contribution in [-0.4, -0.2) is 18.0 Å². The van der Waals surface area contributed by atoms with E-state index in [1.807, 2.05) is 12.1 Å². The van der Waals surface area contributed by atoms with Crippen molar-refractivity contribution in [3.63, 3.8) is 0 Å². The number of carbonyl (C=O) groups is 1. The first-order chi connectivity index (χ1) is 8.67. The molecule has 1 heterocycles. The molecule has 1 aromatic rings. The number of nitrogens with one attached hydrogen (secondary N) is 1. The number of carbonyl (C=O) groups excluding carboxylic acids is 1. The highest BCUT2D eigenvalue weighted by atomic mass is 79.9. The molecule has 3 rings (SSSR count). The van der Waals surface area contributed by atoms with Crippen LogP contribution in [0, 0.1) is 0 Å². The van der Waals surface area contributed by atoms with Crippen LogP contribution in [0.4, 0.5) is 11.4 Å². The van der Waals surface area contributed by atoms with Crippen LogP contribution in [0.2, 0.25) is 0 Å². The van der Waals surface area contributed by atoms with Crippen molar-refractivity contribution in [2.75, 3.05) is 16.8 Å². The number of halogens is 1. The first-order valence-electron chi connectivity index (χ1n) is 6.56. The molecular formula is C14H17BrN2O. The average Bonchev–Trinajstić information content (AvgIpc) is 2.82. The summed E-state index contributed by atoms with van der Waals surface area (Å²) in [7, 11) is 0. The van der Waals surface area contributed by atoms with Gasteiger partial charge in [-0.1, -0.05) is 28.8 Å². The van der Waals surface area contributed by atoms with Gasteiger partial charge in [0.25, 0.3) is 0 Å². The molecule has 1 saturated carbocycles. The second-order valence-corrected chi connectivity index (χ2v) is 6.01. The molecule has 0 unspecified atom stereocenters. The third-order valence-electron chi connectivity index (χ3n) is 4.18. The first kappa shape index (κ1) is 12.0. The molecule has 96 valence electrons. The minimum absolute atomic E-state index is 0.174. The van der Waals surface area contributed by atoms with E-state index in [9.17, 15) is 4.79 Å². The van der Waals surface area contributed by atoms with Gasteiger partial charge in [-0.3, -0.25) is 4.79 Å². The summed E-state index contributed by atoms with van der Waals surface area (Å²) in [6.45, 7) is 3.01. The summed E-state index contributed by atoms with van der Waals surface area (Å²) in [6.07, 6.45) is 4.25.